The maximum atomic E-state index is 12.0. The maximum Gasteiger partial charge on any atom is 0.253 e. The van der Waals surface area contributed by atoms with Crippen molar-refractivity contribution in [3.05, 3.63) is 70.8 Å². The summed E-state index contributed by atoms with van der Waals surface area (Å²) >= 11 is 0. The summed E-state index contributed by atoms with van der Waals surface area (Å²) < 4.78 is 0. The third-order valence-electron chi connectivity index (χ3n) is 5.72. The van der Waals surface area contributed by atoms with Crippen LogP contribution in [-0.4, -0.2) is 61.4 Å². The normalized spacial score (nSPS) is 15.2. The lowest BCUT2D eigenvalue weighted by molar-refractivity contribution is 0.0827. The molecule has 2 aromatic carbocycles. The van der Waals surface area contributed by atoms with E-state index in [1.54, 1.807) is 19.0 Å². The van der Waals surface area contributed by atoms with Crippen molar-refractivity contribution in [2.45, 2.75) is 39.4 Å². The molecule has 0 bridgehead atoms. The lowest BCUT2D eigenvalue weighted by Gasteiger charge is -2.34. The Balaban J connectivity index is 1.54. The fourth-order valence-electron chi connectivity index (χ4n) is 3.79. The molecule has 0 spiro atoms. The van der Waals surface area contributed by atoms with E-state index in [1.165, 1.54) is 11.1 Å². The highest BCUT2D eigenvalue weighted by molar-refractivity contribution is 5.93. The van der Waals surface area contributed by atoms with Crippen molar-refractivity contribution in [2.75, 3.05) is 33.7 Å². The summed E-state index contributed by atoms with van der Waals surface area (Å²) in [5, 5.41) is 6.82. The largest absolute Gasteiger partial charge is 0.357 e. The van der Waals surface area contributed by atoms with Gasteiger partial charge in [0, 0.05) is 51.9 Å². The first-order chi connectivity index (χ1) is 15.0. The van der Waals surface area contributed by atoms with Crippen LogP contribution in [0.15, 0.2) is 53.5 Å². The van der Waals surface area contributed by atoms with Gasteiger partial charge >= 0.3 is 0 Å². The second-order valence-electron chi connectivity index (χ2n) is 8.31. The smallest absolute Gasteiger partial charge is 0.253 e. The maximum absolute atomic E-state index is 12.0. The van der Waals surface area contributed by atoms with Crippen molar-refractivity contribution in [1.82, 2.24) is 20.4 Å². The number of benzene rings is 2. The first kappa shape index (κ1) is 22.8. The third-order valence-corrected chi connectivity index (χ3v) is 5.72. The second-order valence-corrected chi connectivity index (χ2v) is 8.31. The number of nitrogens with zero attached hydrogens (tertiary/aromatic N) is 3. The number of hydrogen-bond acceptors (Lipinski definition) is 3. The number of guanidine groups is 1. The lowest BCUT2D eigenvalue weighted by atomic mass is 9.99. The van der Waals surface area contributed by atoms with E-state index in [0.29, 0.717) is 18.2 Å². The van der Waals surface area contributed by atoms with Crippen molar-refractivity contribution in [2.24, 2.45) is 4.99 Å². The van der Waals surface area contributed by atoms with Crippen LogP contribution in [0.3, 0.4) is 0 Å². The lowest BCUT2D eigenvalue weighted by Crippen LogP contribution is -2.47. The van der Waals surface area contributed by atoms with E-state index in [2.05, 4.69) is 53.6 Å². The third kappa shape index (κ3) is 6.31. The minimum absolute atomic E-state index is 0.0133. The van der Waals surface area contributed by atoms with Gasteiger partial charge in [0.15, 0.2) is 5.96 Å². The van der Waals surface area contributed by atoms with Gasteiger partial charge in [0.25, 0.3) is 5.91 Å². The zero-order chi connectivity index (χ0) is 22.2. The number of hydrogen-bond donors (Lipinski definition) is 2. The van der Waals surface area contributed by atoms with E-state index in [-0.39, 0.29) is 5.91 Å². The summed E-state index contributed by atoms with van der Waals surface area (Å²) in [5.74, 6) is 0.833. The topological polar surface area (TPSA) is 60.0 Å². The summed E-state index contributed by atoms with van der Waals surface area (Å²) in [6.07, 6.45) is 1.11. The summed E-state index contributed by atoms with van der Waals surface area (Å²) in [6.45, 7) is 8.65. The molecule has 0 aromatic heterocycles. The van der Waals surface area contributed by atoms with Crippen LogP contribution in [0.4, 0.5) is 0 Å². The standard InChI is InChI=1S/C25H35N5O/c1-5-26-25(28-17-20-10-12-22(13-11-20)24(31)29(3)4)27-16-19(2)30-15-14-21-8-6-7-9-23(21)18-30/h6-13,19H,5,14-18H2,1-4H3,(H2,26,27,28). The molecular weight excluding hydrogens is 386 g/mol. The molecule has 3 rings (SSSR count). The molecule has 1 atom stereocenters. The average molecular weight is 422 g/mol. The van der Waals surface area contributed by atoms with Crippen LogP contribution in [0.25, 0.3) is 0 Å². The molecule has 31 heavy (non-hydrogen) atoms. The quantitative estimate of drug-likeness (QED) is 0.533. The monoisotopic (exact) mass is 421 g/mol. The van der Waals surface area contributed by atoms with Gasteiger partial charge in [-0.25, -0.2) is 4.99 Å². The summed E-state index contributed by atoms with van der Waals surface area (Å²) in [5.41, 5.74) is 4.69. The average Bonchev–Trinajstić information content (AvgIpc) is 2.80. The Morgan fingerprint density at radius 2 is 1.81 bits per heavy atom. The van der Waals surface area contributed by atoms with Crippen molar-refractivity contribution in [1.29, 1.82) is 0 Å². The van der Waals surface area contributed by atoms with E-state index in [0.717, 1.165) is 44.1 Å². The Morgan fingerprint density at radius 1 is 1.10 bits per heavy atom. The summed E-state index contributed by atoms with van der Waals surface area (Å²) in [4.78, 5) is 20.9. The molecule has 0 radical (unpaired) electrons. The highest BCUT2D eigenvalue weighted by Gasteiger charge is 2.20. The SMILES string of the molecule is CCNC(=NCc1ccc(C(=O)N(C)C)cc1)NCC(C)N1CCc2ccccc2C1. The Bertz CT molecular complexity index is 891. The molecule has 1 heterocycles. The molecule has 0 fully saturated rings. The van der Waals surface area contributed by atoms with Crippen molar-refractivity contribution < 1.29 is 4.79 Å². The number of aliphatic imine (C=N–C) groups is 1. The molecule has 1 unspecified atom stereocenters. The molecule has 2 N–H and O–H groups in total. The number of fused-ring (bicyclic) bond motifs is 1. The Morgan fingerprint density at radius 3 is 2.48 bits per heavy atom. The van der Waals surface area contributed by atoms with E-state index < -0.39 is 0 Å². The van der Waals surface area contributed by atoms with Crippen LogP contribution in [0, 0.1) is 0 Å². The molecule has 0 saturated heterocycles. The molecule has 6 nitrogen and oxygen atoms in total. The summed E-state index contributed by atoms with van der Waals surface area (Å²) in [6, 6.07) is 16.8. The number of carbonyl (C=O) groups excluding carboxylic acids is 1. The molecule has 1 aliphatic rings. The van der Waals surface area contributed by atoms with Crippen molar-refractivity contribution >= 4 is 11.9 Å². The molecule has 6 heteroatoms. The number of nitrogens with one attached hydrogen (secondary N) is 2. The predicted octanol–water partition coefficient (Wildman–Crippen LogP) is 2.89. The van der Waals surface area contributed by atoms with E-state index >= 15 is 0 Å². The van der Waals surface area contributed by atoms with Crippen molar-refractivity contribution in [3.8, 4) is 0 Å². The Labute approximate surface area is 186 Å². The van der Waals surface area contributed by atoms with Gasteiger partial charge in [-0.05, 0) is 49.1 Å². The fraction of sp³-hybridized carbons (Fsp3) is 0.440. The molecule has 0 saturated carbocycles. The highest BCUT2D eigenvalue weighted by atomic mass is 16.2. The molecule has 0 aliphatic carbocycles. The van der Waals surface area contributed by atoms with Gasteiger partial charge < -0.3 is 15.5 Å². The zero-order valence-electron chi connectivity index (χ0n) is 19.2. The first-order valence-corrected chi connectivity index (χ1v) is 11.1. The van der Waals surface area contributed by atoms with E-state index in [1.807, 2.05) is 24.3 Å². The Kier molecular flexibility index (Phi) is 8.06. The minimum atomic E-state index is 0.0133. The van der Waals surface area contributed by atoms with Gasteiger partial charge in [-0.1, -0.05) is 36.4 Å². The number of amides is 1. The van der Waals surface area contributed by atoms with Gasteiger partial charge in [0.1, 0.15) is 0 Å². The Hall–Kier alpha value is -2.86. The van der Waals surface area contributed by atoms with Crippen LogP contribution < -0.4 is 10.6 Å². The minimum Gasteiger partial charge on any atom is -0.357 e. The van der Waals surface area contributed by atoms with Crippen LogP contribution in [0.2, 0.25) is 0 Å². The van der Waals surface area contributed by atoms with Gasteiger partial charge in [0.2, 0.25) is 0 Å². The fourth-order valence-corrected chi connectivity index (χ4v) is 3.79. The predicted molar refractivity (Wildman–Crippen MR) is 127 cm³/mol. The summed E-state index contributed by atoms with van der Waals surface area (Å²) in [7, 11) is 3.52. The van der Waals surface area contributed by atoms with Gasteiger partial charge in [-0.15, -0.1) is 0 Å². The van der Waals surface area contributed by atoms with Crippen molar-refractivity contribution in [3.63, 3.8) is 0 Å². The molecule has 1 aliphatic heterocycles. The molecule has 166 valence electrons. The van der Waals surface area contributed by atoms with Crippen LogP contribution in [0.5, 0.6) is 0 Å². The number of rotatable bonds is 7. The van der Waals surface area contributed by atoms with Gasteiger partial charge in [0.05, 0.1) is 6.54 Å². The van der Waals surface area contributed by atoms with Crippen LogP contribution >= 0.6 is 0 Å². The molecule has 2 aromatic rings. The first-order valence-electron chi connectivity index (χ1n) is 11.1. The molecular formula is C25H35N5O. The highest BCUT2D eigenvalue weighted by Crippen LogP contribution is 2.19. The van der Waals surface area contributed by atoms with Crippen LogP contribution in [-0.2, 0) is 19.5 Å². The van der Waals surface area contributed by atoms with Gasteiger partial charge in [-0.2, -0.15) is 0 Å². The van der Waals surface area contributed by atoms with E-state index in [4.69, 9.17) is 4.99 Å². The van der Waals surface area contributed by atoms with Gasteiger partial charge in [-0.3, -0.25) is 9.69 Å². The second kappa shape index (κ2) is 11.0. The van der Waals surface area contributed by atoms with E-state index in [9.17, 15) is 4.79 Å². The zero-order valence-corrected chi connectivity index (χ0v) is 19.2. The van der Waals surface area contributed by atoms with Crippen LogP contribution in [0.1, 0.15) is 40.9 Å². The molecule has 1 amide bonds. The number of carbonyl (C=O) groups is 1.